The van der Waals surface area contributed by atoms with Gasteiger partial charge < -0.3 is 4.74 Å². The lowest BCUT2D eigenvalue weighted by Gasteiger charge is -2.14. The topological polar surface area (TPSA) is 26.3 Å². The molecule has 1 aromatic rings. The third kappa shape index (κ3) is 2.84. The van der Waals surface area contributed by atoms with Crippen LogP contribution in [0.3, 0.4) is 0 Å². The van der Waals surface area contributed by atoms with E-state index in [0.717, 1.165) is 31.2 Å². The van der Waals surface area contributed by atoms with E-state index in [0.29, 0.717) is 12.2 Å². The Morgan fingerprint density at radius 1 is 1.24 bits per heavy atom. The summed E-state index contributed by atoms with van der Waals surface area (Å²) in [6.45, 7) is 0. The van der Waals surface area contributed by atoms with E-state index >= 15 is 0 Å². The van der Waals surface area contributed by atoms with Crippen LogP contribution in [0.15, 0.2) is 18.2 Å². The second kappa shape index (κ2) is 5.30. The zero-order valence-corrected chi connectivity index (χ0v) is 10.0. The number of carbonyl (C=O) groups excluding carboxylic acids is 1. The molecule has 0 amide bonds. The molecule has 0 N–H and O–H groups in total. The van der Waals surface area contributed by atoms with Gasteiger partial charge in [-0.2, -0.15) is 0 Å². The van der Waals surface area contributed by atoms with Crippen molar-refractivity contribution in [3.63, 3.8) is 0 Å². The first-order valence-corrected chi connectivity index (χ1v) is 6.08. The molecule has 0 saturated heterocycles. The van der Waals surface area contributed by atoms with Gasteiger partial charge in [0.25, 0.3) is 0 Å². The first-order chi connectivity index (χ1) is 8.20. The van der Waals surface area contributed by atoms with E-state index in [4.69, 9.17) is 4.74 Å². The van der Waals surface area contributed by atoms with Crippen molar-refractivity contribution in [3.05, 3.63) is 29.6 Å². The molecule has 3 heteroatoms. The van der Waals surface area contributed by atoms with Crippen LogP contribution >= 0.6 is 0 Å². The summed E-state index contributed by atoms with van der Waals surface area (Å²) in [6, 6.07) is 4.57. The number of ketones is 1. The van der Waals surface area contributed by atoms with E-state index in [2.05, 4.69) is 0 Å². The van der Waals surface area contributed by atoms with Crippen LogP contribution in [0.5, 0.6) is 5.75 Å². The molecule has 17 heavy (non-hydrogen) atoms. The molecule has 2 rings (SSSR count). The number of hydrogen-bond acceptors (Lipinski definition) is 2. The summed E-state index contributed by atoms with van der Waals surface area (Å²) in [6.07, 6.45) is 4.53. The highest BCUT2D eigenvalue weighted by atomic mass is 19.1. The van der Waals surface area contributed by atoms with Crippen molar-refractivity contribution in [2.75, 3.05) is 7.11 Å². The largest absolute Gasteiger partial charge is 0.497 e. The lowest BCUT2D eigenvalue weighted by Crippen LogP contribution is -2.10. The molecule has 1 aromatic carbocycles. The monoisotopic (exact) mass is 236 g/mol. The van der Waals surface area contributed by atoms with Crippen molar-refractivity contribution >= 4 is 5.78 Å². The van der Waals surface area contributed by atoms with E-state index in [1.54, 1.807) is 6.07 Å². The highest BCUT2D eigenvalue weighted by Gasteiger charge is 2.23. The summed E-state index contributed by atoms with van der Waals surface area (Å²) in [7, 11) is 1.51. The van der Waals surface area contributed by atoms with Gasteiger partial charge in [0.1, 0.15) is 17.3 Å². The average molecular weight is 236 g/mol. The molecule has 0 spiro atoms. The second-order valence-electron chi connectivity index (χ2n) is 4.54. The second-order valence-corrected chi connectivity index (χ2v) is 4.54. The Balaban J connectivity index is 2.30. The molecule has 2 nitrogen and oxygen atoms in total. The van der Waals surface area contributed by atoms with Gasteiger partial charge in [-0.1, -0.05) is 12.8 Å². The molecule has 0 radical (unpaired) electrons. The van der Waals surface area contributed by atoms with Crippen LogP contribution in [0.2, 0.25) is 0 Å². The number of benzene rings is 1. The summed E-state index contributed by atoms with van der Waals surface area (Å²) >= 11 is 0. The molecule has 1 atom stereocenters. The van der Waals surface area contributed by atoms with Gasteiger partial charge in [0.2, 0.25) is 0 Å². The number of ether oxygens (including phenoxy) is 1. The van der Waals surface area contributed by atoms with Crippen molar-refractivity contribution in [2.45, 2.75) is 38.0 Å². The molecule has 0 aliphatic heterocycles. The summed E-state index contributed by atoms with van der Waals surface area (Å²) < 4.78 is 18.4. The van der Waals surface area contributed by atoms with Crippen LogP contribution in [-0.2, 0) is 4.79 Å². The highest BCUT2D eigenvalue weighted by molar-refractivity contribution is 5.86. The Hall–Kier alpha value is -1.38. The quantitative estimate of drug-likeness (QED) is 0.735. The van der Waals surface area contributed by atoms with Crippen LogP contribution in [0, 0.1) is 5.82 Å². The van der Waals surface area contributed by atoms with Crippen LogP contribution in [0.4, 0.5) is 4.39 Å². The minimum atomic E-state index is -0.337. The van der Waals surface area contributed by atoms with E-state index in [1.807, 2.05) is 0 Å². The summed E-state index contributed by atoms with van der Waals surface area (Å²) in [5.74, 6) is 0.227. The normalized spacial score (nSPS) is 21.1. The van der Waals surface area contributed by atoms with Crippen molar-refractivity contribution in [1.82, 2.24) is 0 Å². The van der Waals surface area contributed by atoms with Gasteiger partial charge in [-0.25, -0.2) is 4.39 Å². The predicted octanol–water partition coefficient (Wildman–Crippen LogP) is 3.45. The molecule has 1 aliphatic carbocycles. The van der Waals surface area contributed by atoms with Crippen LogP contribution in [-0.4, -0.2) is 12.9 Å². The van der Waals surface area contributed by atoms with Gasteiger partial charge in [-0.05, 0) is 30.5 Å². The summed E-state index contributed by atoms with van der Waals surface area (Å²) in [4.78, 5) is 12.0. The fraction of sp³-hybridized carbons (Fsp3) is 0.500. The zero-order valence-electron chi connectivity index (χ0n) is 10.0. The first kappa shape index (κ1) is 12.1. The van der Waals surface area contributed by atoms with E-state index in [9.17, 15) is 9.18 Å². The van der Waals surface area contributed by atoms with Gasteiger partial charge in [0.05, 0.1) is 7.11 Å². The lowest BCUT2D eigenvalue weighted by atomic mass is 9.90. The van der Waals surface area contributed by atoms with Gasteiger partial charge >= 0.3 is 0 Å². The average Bonchev–Trinajstić information content (AvgIpc) is 2.53. The summed E-state index contributed by atoms with van der Waals surface area (Å²) in [5, 5.41) is 0. The Morgan fingerprint density at radius 2 is 2.06 bits per heavy atom. The number of carbonyl (C=O) groups is 1. The van der Waals surface area contributed by atoms with Crippen LogP contribution in [0.1, 0.15) is 43.6 Å². The standard InChI is InChI=1S/C14H17FO2/c1-17-12-8-10(7-11(15)9-12)13-5-3-2-4-6-14(13)16/h7-9,13H,2-6H2,1H3. The number of Topliss-reactive ketones (excluding diaryl/α,β-unsaturated/α-hetero) is 1. The van der Waals surface area contributed by atoms with Gasteiger partial charge in [0.15, 0.2) is 0 Å². The van der Waals surface area contributed by atoms with Gasteiger partial charge in [-0.3, -0.25) is 4.79 Å². The van der Waals surface area contributed by atoms with E-state index in [1.165, 1.54) is 19.2 Å². The number of hydrogen-bond donors (Lipinski definition) is 0. The zero-order chi connectivity index (χ0) is 12.3. The minimum Gasteiger partial charge on any atom is -0.497 e. The summed E-state index contributed by atoms with van der Waals surface area (Å²) in [5.41, 5.74) is 0.758. The third-order valence-corrected chi connectivity index (χ3v) is 3.34. The number of methoxy groups -OCH3 is 1. The molecule has 1 saturated carbocycles. The molecule has 1 fully saturated rings. The van der Waals surface area contributed by atoms with Crippen molar-refractivity contribution < 1.29 is 13.9 Å². The van der Waals surface area contributed by atoms with Crippen molar-refractivity contribution in [3.8, 4) is 5.75 Å². The molecular weight excluding hydrogens is 219 g/mol. The third-order valence-electron chi connectivity index (χ3n) is 3.34. The Morgan fingerprint density at radius 3 is 2.82 bits per heavy atom. The molecule has 0 bridgehead atoms. The van der Waals surface area contributed by atoms with Crippen LogP contribution in [0.25, 0.3) is 0 Å². The van der Waals surface area contributed by atoms with Gasteiger partial charge in [-0.15, -0.1) is 0 Å². The van der Waals surface area contributed by atoms with Crippen molar-refractivity contribution in [2.24, 2.45) is 0 Å². The van der Waals surface area contributed by atoms with E-state index < -0.39 is 0 Å². The molecular formula is C14H17FO2. The Labute approximate surface area is 101 Å². The highest BCUT2D eigenvalue weighted by Crippen LogP contribution is 2.31. The first-order valence-electron chi connectivity index (χ1n) is 6.08. The SMILES string of the molecule is COc1cc(F)cc(C2CCCCCC2=O)c1. The van der Waals surface area contributed by atoms with E-state index in [-0.39, 0.29) is 17.5 Å². The maximum atomic E-state index is 13.4. The predicted molar refractivity (Wildman–Crippen MR) is 63.8 cm³/mol. The molecule has 0 heterocycles. The fourth-order valence-electron chi connectivity index (χ4n) is 2.42. The van der Waals surface area contributed by atoms with Gasteiger partial charge in [0, 0.05) is 18.4 Å². The smallest absolute Gasteiger partial charge is 0.140 e. The molecule has 0 aromatic heterocycles. The van der Waals surface area contributed by atoms with Crippen LogP contribution < -0.4 is 4.74 Å². The maximum Gasteiger partial charge on any atom is 0.140 e. The minimum absolute atomic E-state index is 0.151. The Kier molecular flexibility index (Phi) is 3.77. The number of rotatable bonds is 2. The number of halogens is 1. The molecule has 92 valence electrons. The molecule has 1 unspecified atom stereocenters. The maximum absolute atomic E-state index is 13.4. The molecule has 1 aliphatic rings. The fourth-order valence-corrected chi connectivity index (χ4v) is 2.42. The lowest BCUT2D eigenvalue weighted by molar-refractivity contribution is -0.120. The van der Waals surface area contributed by atoms with Crippen molar-refractivity contribution in [1.29, 1.82) is 0 Å². The Bertz CT molecular complexity index is 415.